The second-order valence-electron chi connectivity index (χ2n) is 6.32. The van der Waals surface area contributed by atoms with Gasteiger partial charge in [0.2, 0.25) is 0 Å². The summed E-state index contributed by atoms with van der Waals surface area (Å²) in [7, 11) is 0. The minimum Gasteiger partial charge on any atom is -0.367 e. The van der Waals surface area contributed by atoms with Gasteiger partial charge in [0.15, 0.2) is 11.6 Å². The Morgan fingerprint density at radius 1 is 1.26 bits per heavy atom. The third-order valence-electron chi connectivity index (χ3n) is 4.54. The third kappa shape index (κ3) is 3.97. The van der Waals surface area contributed by atoms with E-state index in [0.29, 0.717) is 5.92 Å². The van der Waals surface area contributed by atoms with Crippen molar-refractivity contribution < 1.29 is 0 Å². The molecule has 0 aromatic heterocycles. The molecule has 3 rings (SSSR count). The number of nitrogens with one attached hydrogen (secondary N) is 2. The summed E-state index contributed by atoms with van der Waals surface area (Å²) in [5, 5.41) is 6.80. The quantitative estimate of drug-likeness (QED) is 0.798. The Labute approximate surface area is 137 Å². The molecule has 3 aliphatic rings. The Kier molecular flexibility index (Phi) is 5.40. The van der Waals surface area contributed by atoms with Crippen molar-refractivity contribution in [2.45, 2.75) is 26.8 Å². The molecule has 0 aromatic carbocycles. The molecule has 1 unspecified atom stereocenters. The second kappa shape index (κ2) is 7.70. The lowest BCUT2D eigenvalue weighted by Gasteiger charge is -2.27. The van der Waals surface area contributed by atoms with Crippen LogP contribution in [0.3, 0.4) is 0 Å². The molecule has 0 aliphatic carbocycles. The number of anilines is 1. The largest absolute Gasteiger partial charge is 0.367 e. The first-order valence-corrected chi connectivity index (χ1v) is 8.60. The highest BCUT2D eigenvalue weighted by molar-refractivity contribution is 5.66. The molecule has 0 saturated carbocycles. The van der Waals surface area contributed by atoms with Gasteiger partial charge in [-0.25, -0.2) is 15.0 Å². The fraction of sp³-hybridized carbons (Fsp3) is 0.688. The average molecular weight is 317 g/mol. The van der Waals surface area contributed by atoms with E-state index < -0.39 is 0 Å². The van der Waals surface area contributed by atoms with E-state index in [4.69, 9.17) is 0 Å². The normalized spacial score (nSPS) is 17.5. The van der Waals surface area contributed by atoms with Gasteiger partial charge in [0.25, 0.3) is 0 Å². The fourth-order valence-corrected chi connectivity index (χ4v) is 2.88. The van der Waals surface area contributed by atoms with E-state index in [9.17, 15) is 0 Å². The number of rotatable bonds is 7. The molecule has 7 heteroatoms. The zero-order chi connectivity index (χ0) is 16.1. The van der Waals surface area contributed by atoms with E-state index in [1.807, 2.05) is 6.33 Å². The van der Waals surface area contributed by atoms with Crippen molar-refractivity contribution >= 4 is 5.82 Å². The highest BCUT2D eigenvalue weighted by Gasteiger charge is 2.18. The Hall–Kier alpha value is -1.73. The minimum absolute atomic E-state index is 0.605. The number of hydrogen-bond acceptors (Lipinski definition) is 6. The summed E-state index contributed by atoms with van der Waals surface area (Å²) in [6.07, 6.45) is 4.66. The molecule has 23 heavy (non-hydrogen) atoms. The number of piperazine rings is 1. The molecule has 3 heterocycles. The molecule has 126 valence electrons. The fourth-order valence-electron chi connectivity index (χ4n) is 2.88. The van der Waals surface area contributed by atoms with Crippen LogP contribution >= 0.6 is 0 Å². The first-order chi connectivity index (χ1) is 11.3. The number of aromatic nitrogens is 4. The number of imidazole rings is 1. The maximum absolute atomic E-state index is 4.57. The summed E-state index contributed by atoms with van der Waals surface area (Å²) < 4.78 is 2.11. The van der Waals surface area contributed by atoms with Crippen molar-refractivity contribution in [1.29, 1.82) is 0 Å². The molecule has 0 bridgehead atoms. The topological polar surface area (TPSA) is 70.9 Å². The second-order valence-corrected chi connectivity index (χ2v) is 6.32. The monoisotopic (exact) mass is 317 g/mol. The van der Waals surface area contributed by atoms with Gasteiger partial charge in [-0.3, -0.25) is 4.90 Å². The van der Waals surface area contributed by atoms with Gasteiger partial charge in [0, 0.05) is 45.8 Å². The lowest BCUT2D eigenvalue weighted by molar-refractivity contribution is 0.249. The maximum Gasteiger partial charge on any atom is 0.165 e. The molecule has 0 aromatic rings. The van der Waals surface area contributed by atoms with E-state index >= 15 is 0 Å². The Bertz CT molecular complexity index is 576. The van der Waals surface area contributed by atoms with Gasteiger partial charge in [-0.2, -0.15) is 0 Å². The van der Waals surface area contributed by atoms with Crippen LogP contribution in [0, 0.1) is 5.92 Å². The number of fused-ring (bicyclic) bond motifs is 1. The molecule has 1 atom stereocenters. The summed E-state index contributed by atoms with van der Waals surface area (Å²) in [6, 6.07) is 0. The highest BCUT2D eigenvalue weighted by atomic mass is 15.2. The predicted octanol–water partition coefficient (Wildman–Crippen LogP) is 1.14. The van der Waals surface area contributed by atoms with Crippen LogP contribution in [0.1, 0.15) is 20.3 Å². The summed E-state index contributed by atoms with van der Waals surface area (Å²) in [6.45, 7) is 11.7. The lowest BCUT2D eigenvalue weighted by Crippen LogP contribution is -2.45. The van der Waals surface area contributed by atoms with E-state index in [1.54, 1.807) is 6.33 Å². The molecular formula is C16H27N7. The van der Waals surface area contributed by atoms with Gasteiger partial charge in [0.1, 0.15) is 12.0 Å². The highest BCUT2D eigenvalue weighted by Crippen LogP contribution is 2.24. The Morgan fingerprint density at radius 3 is 2.87 bits per heavy atom. The van der Waals surface area contributed by atoms with Crippen molar-refractivity contribution in [2.24, 2.45) is 5.92 Å². The van der Waals surface area contributed by atoms with Crippen LogP contribution in [0.2, 0.25) is 0 Å². The van der Waals surface area contributed by atoms with E-state index in [2.05, 4.69) is 48.9 Å². The van der Waals surface area contributed by atoms with E-state index in [1.165, 1.54) is 0 Å². The van der Waals surface area contributed by atoms with Crippen molar-refractivity contribution in [3.63, 3.8) is 0 Å². The summed E-state index contributed by atoms with van der Waals surface area (Å²) in [5.41, 5.74) is 0.871. The van der Waals surface area contributed by atoms with Crippen LogP contribution in [0.25, 0.3) is 11.5 Å². The van der Waals surface area contributed by atoms with Crippen LogP contribution in [0.5, 0.6) is 0 Å². The average Bonchev–Trinajstić information content (AvgIpc) is 3.08. The summed E-state index contributed by atoms with van der Waals surface area (Å²) in [4.78, 5) is 15.8. The van der Waals surface area contributed by atoms with E-state index in [0.717, 1.165) is 69.6 Å². The first kappa shape index (κ1) is 16.1. The molecule has 2 N–H and O–H groups in total. The van der Waals surface area contributed by atoms with Crippen LogP contribution in [0.15, 0.2) is 12.7 Å². The maximum atomic E-state index is 4.57. The molecule has 1 saturated heterocycles. The molecule has 7 nitrogen and oxygen atoms in total. The predicted molar refractivity (Wildman–Crippen MR) is 91.7 cm³/mol. The van der Waals surface area contributed by atoms with Gasteiger partial charge < -0.3 is 15.2 Å². The summed E-state index contributed by atoms with van der Waals surface area (Å²) in [5.74, 6) is 2.37. The zero-order valence-corrected chi connectivity index (χ0v) is 14.1. The van der Waals surface area contributed by atoms with Gasteiger partial charge >= 0.3 is 0 Å². The van der Waals surface area contributed by atoms with Crippen molar-refractivity contribution in [3.8, 4) is 11.5 Å². The van der Waals surface area contributed by atoms with Crippen molar-refractivity contribution in [3.05, 3.63) is 12.7 Å². The van der Waals surface area contributed by atoms with Crippen LogP contribution in [-0.4, -0.2) is 63.7 Å². The van der Waals surface area contributed by atoms with Gasteiger partial charge in [-0.05, 0) is 5.92 Å². The third-order valence-corrected chi connectivity index (χ3v) is 4.54. The molecule has 0 spiro atoms. The van der Waals surface area contributed by atoms with Gasteiger partial charge in [-0.15, -0.1) is 0 Å². The van der Waals surface area contributed by atoms with Crippen LogP contribution in [-0.2, 0) is 6.54 Å². The molecule has 0 radical (unpaired) electrons. The van der Waals surface area contributed by atoms with Crippen molar-refractivity contribution in [1.82, 2.24) is 29.7 Å². The minimum atomic E-state index is 0.605. The standard InChI is InChI=1S/C16H27N7/c1-3-13(2)10-23-12-21-15(14-16(23)20-11-19-14)18-6-9-22-7-4-17-5-8-22/h11-13,17-18H,3-10H2,1-2H3. The van der Waals surface area contributed by atoms with Crippen LogP contribution < -0.4 is 10.6 Å². The number of nitrogens with zero attached hydrogens (tertiary/aromatic N) is 5. The van der Waals surface area contributed by atoms with Crippen molar-refractivity contribution in [2.75, 3.05) is 44.6 Å². The molecule has 3 aliphatic heterocycles. The summed E-state index contributed by atoms with van der Waals surface area (Å²) >= 11 is 0. The lowest BCUT2D eigenvalue weighted by atomic mass is 10.1. The van der Waals surface area contributed by atoms with Gasteiger partial charge in [-0.1, -0.05) is 20.3 Å². The Morgan fingerprint density at radius 2 is 2.09 bits per heavy atom. The van der Waals surface area contributed by atoms with E-state index in [-0.39, 0.29) is 0 Å². The smallest absolute Gasteiger partial charge is 0.165 e. The van der Waals surface area contributed by atoms with Gasteiger partial charge in [0.05, 0.1) is 6.33 Å². The number of hydrogen-bond donors (Lipinski definition) is 2. The molecule has 1 fully saturated rings. The zero-order valence-electron chi connectivity index (χ0n) is 14.1. The Balaban J connectivity index is 1.62. The first-order valence-electron chi connectivity index (χ1n) is 8.60. The molecular weight excluding hydrogens is 290 g/mol. The SMILES string of the molecule is CCC(C)Cn1cnc(NCCN2CCNCC2)c2ncnc1-2. The van der Waals surface area contributed by atoms with Crippen LogP contribution in [0.4, 0.5) is 5.82 Å². The molecule has 0 amide bonds.